The van der Waals surface area contributed by atoms with Gasteiger partial charge in [-0.1, -0.05) is 6.92 Å². The Morgan fingerprint density at radius 3 is 2.60 bits per heavy atom. The van der Waals surface area contributed by atoms with Crippen LogP contribution in [-0.2, 0) is 14.2 Å². The number of cyclic esters (lactones) is 2. The van der Waals surface area contributed by atoms with E-state index < -0.39 is 24.5 Å². The van der Waals surface area contributed by atoms with Gasteiger partial charge in [0.05, 0.1) is 6.61 Å². The summed E-state index contributed by atoms with van der Waals surface area (Å²) in [5.41, 5.74) is 0. The van der Waals surface area contributed by atoms with Gasteiger partial charge in [-0.05, 0) is 6.42 Å². The van der Waals surface area contributed by atoms with Gasteiger partial charge in [0, 0.05) is 6.61 Å². The van der Waals surface area contributed by atoms with Crippen LogP contribution in [0.4, 0.5) is 18.0 Å². The predicted molar refractivity (Wildman–Crippen MR) is 42.3 cm³/mol. The van der Waals surface area contributed by atoms with E-state index in [1.807, 2.05) is 6.92 Å². The number of halogens is 3. The third-order valence-corrected chi connectivity index (χ3v) is 1.76. The second kappa shape index (κ2) is 4.69. The molecule has 2 atom stereocenters. The highest BCUT2D eigenvalue weighted by Crippen LogP contribution is 2.31. The Hall–Kier alpha value is -0.980. The van der Waals surface area contributed by atoms with E-state index in [4.69, 9.17) is 4.74 Å². The standard InChI is InChI=1S/C8H11F3O4/c1-2-3-13-4-5-6(8(9,10)11)15-7(12)14-5/h5-6H,2-4H2,1H3. The summed E-state index contributed by atoms with van der Waals surface area (Å²) in [6.07, 6.45) is -8.86. The minimum atomic E-state index is -4.62. The minimum absolute atomic E-state index is 0.302. The Morgan fingerprint density at radius 2 is 2.07 bits per heavy atom. The van der Waals surface area contributed by atoms with E-state index in [9.17, 15) is 18.0 Å². The lowest BCUT2D eigenvalue weighted by atomic mass is 10.2. The molecule has 1 fully saturated rings. The van der Waals surface area contributed by atoms with Crippen LogP contribution in [0.25, 0.3) is 0 Å². The molecule has 0 saturated carbocycles. The van der Waals surface area contributed by atoms with Gasteiger partial charge in [0.15, 0.2) is 6.10 Å². The highest BCUT2D eigenvalue weighted by atomic mass is 19.4. The molecule has 2 unspecified atom stereocenters. The van der Waals surface area contributed by atoms with Crippen molar-refractivity contribution in [3.8, 4) is 0 Å². The number of ether oxygens (including phenoxy) is 3. The molecule has 0 aromatic heterocycles. The highest BCUT2D eigenvalue weighted by molar-refractivity contribution is 5.62. The van der Waals surface area contributed by atoms with Gasteiger partial charge in [0.1, 0.15) is 0 Å². The fraction of sp³-hybridized carbons (Fsp3) is 0.875. The minimum Gasteiger partial charge on any atom is -0.424 e. The van der Waals surface area contributed by atoms with Gasteiger partial charge in [-0.25, -0.2) is 4.79 Å². The molecule has 15 heavy (non-hydrogen) atoms. The molecule has 4 nitrogen and oxygen atoms in total. The van der Waals surface area contributed by atoms with Gasteiger partial charge >= 0.3 is 12.3 Å². The first-order valence-electron chi connectivity index (χ1n) is 4.47. The van der Waals surface area contributed by atoms with Crippen LogP contribution in [-0.4, -0.2) is 37.8 Å². The number of carbonyl (C=O) groups excluding carboxylic acids is 1. The maximum atomic E-state index is 12.3. The molecule has 88 valence electrons. The summed E-state index contributed by atoms with van der Waals surface area (Å²) in [7, 11) is 0. The summed E-state index contributed by atoms with van der Waals surface area (Å²) >= 11 is 0. The van der Waals surface area contributed by atoms with Crippen molar-refractivity contribution in [1.29, 1.82) is 0 Å². The van der Waals surface area contributed by atoms with E-state index in [0.717, 1.165) is 0 Å². The molecular weight excluding hydrogens is 217 g/mol. The molecule has 1 heterocycles. The Morgan fingerprint density at radius 1 is 1.40 bits per heavy atom. The molecule has 0 spiro atoms. The zero-order valence-corrected chi connectivity index (χ0v) is 8.04. The molecule has 0 radical (unpaired) electrons. The number of rotatable bonds is 4. The topological polar surface area (TPSA) is 44.8 Å². The SMILES string of the molecule is CCCOCC1OC(=O)OC1C(F)(F)F. The largest absolute Gasteiger partial charge is 0.509 e. The highest BCUT2D eigenvalue weighted by Gasteiger charge is 2.54. The van der Waals surface area contributed by atoms with Crippen molar-refractivity contribution in [3.05, 3.63) is 0 Å². The maximum absolute atomic E-state index is 12.3. The van der Waals surface area contributed by atoms with Crippen LogP contribution in [0.5, 0.6) is 0 Å². The van der Waals surface area contributed by atoms with Crippen molar-refractivity contribution < 1.29 is 32.2 Å². The molecule has 1 rings (SSSR count). The first-order chi connectivity index (χ1) is 6.95. The van der Waals surface area contributed by atoms with Gasteiger partial charge in [-0.15, -0.1) is 0 Å². The van der Waals surface area contributed by atoms with Crippen LogP contribution in [0.3, 0.4) is 0 Å². The number of hydrogen-bond acceptors (Lipinski definition) is 4. The third kappa shape index (κ3) is 3.26. The third-order valence-electron chi connectivity index (χ3n) is 1.76. The van der Waals surface area contributed by atoms with Crippen LogP contribution >= 0.6 is 0 Å². The quantitative estimate of drug-likeness (QED) is 0.544. The van der Waals surface area contributed by atoms with Crippen LogP contribution < -0.4 is 0 Å². The lowest BCUT2D eigenvalue weighted by Gasteiger charge is -2.17. The number of hydrogen-bond donors (Lipinski definition) is 0. The molecule has 0 bridgehead atoms. The molecule has 1 aliphatic rings. The molecule has 0 aromatic carbocycles. The summed E-state index contributed by atoms with van der Waals surface area (Å²) in [4.78, 5) is 10.5. The fourth-order valence-electron chi connectivity index (χ4n) is 1.14. The van der Waals surface area contributed by atoms with E-state index in [0.29, 0.717) is 13.0 Å². The van der Waals surface area contributed by atoms with Gasteiger partial charge in [0.2, 0.25) is 6.10 Å². The Labute approximate surface area is 84.3 Å². The van der Waals surface area contributed by atoms with E-state index in [2.05, 4.69) is 9.47 Å². The second-order valence-electron chi connectivity index (χ2n) is 3.06. The monoisotopic (exact) mass is 228 g/mol. The van der Waals surface area contributed by atoms with Gasteiger partial charge in [-0.3, -0.25) is 0 Å². The van der Waals surface area contributed by atoms with Crippen molar-refractivity contribution in [2.75, 3.05) is 13.2 Å². The van der Waals surface area contributed by atoms with Crippen molar-refractivity contribution in [2.24, 2.45) is 0 Å². The Kier molecular flexibility index (Phi) is 3.78. The van der Waals surface area contributed by atoms with Gasteiger partial charge in [0.25, 0.3) is 0 Å². The molecule has 1 saturated heterocycles. The van der Waals surface area contributed by atoms with Crippen LogP contribution in [0.2, 0.25) is 0 Å². The summed E-state index contributed by atoms with van der Waals surface area (Å²) in [6, 6.07) is 0. The van der Waals surface area contributed by atoms with Crippen molar-refractivity contribution in [3.63, 3.8) is 0 Å². The molecule has 0 N–H and O–H groups in total. The maximum Gasteiger partial charge on any atom is 0.509 e. The van der Waals surface area contributed by atoms with Crippen LogP contribution in [0.15, 0.2) is 0 Å². The summed E-state index contributed by atoms with van der Waals surface area (Å²) in [5, 5.41) is 0. The Bertz CT molecular complexity index is 228. The fourth-order valence-corrected chi connectivity index (χ4v) is 1.14. The zero-order chi connectivity index (χ0) is 11.5. The van der Waals surface area contributed by atoms with E-state index in [1.165, 1.54) is 0 Å². The van der Waals surface area contributed by atoms with E-state index >= 15 is 0 Å². The van der Waals surface area contributed by atoms with Gasteiger partial charge in [-0.2, -0.15) is 13.2 Å². The van der Waals surface area contributed by atoms with Crippen molar-refractivity contribution in [2.45, 2.75) is 31.7 Å². The normalized spacial score (nSPS) is 26.3. The molecular formula is C8H11F3O4. The van der Waals surface area contributed by atoms with Crippen molar-refractivity contribution >= 4 is 6.16 Å². The molecule has 7 heteroatoms. The predicted octanol–water partition coefficient (Wildman–Crippen LogP) is 1.88. The second-order valence-corrected chi connectivity index (χ2v) is 3.06. The van der Waals surface area contributed by atoms with Crippen LogP contribution in [0.1, 0.15) is 13.3 Å². The summed E-state index contributed by atoms with van der Waals surface area (Å²) < 4.78 is 50.1. The Balaban J connectivity index is 2.50. The number of carbonyl (C=O) groups is 1. The molecule has 1 aliphatic heterocycles. The average Bonchev–Trinajstić information content (AvgIpc) is 2.47. The van der Waals surface area contributed by atoms with Gasteiger partial charge < -0.3 is 14.2 Å². The van der Waals surface area contributed by atoms with E-state index in [1.54, 1.807) is 0 Å². The molecule has 0 amide bonds. The lowest BCUT2D eigenvalue weighted by Crippen LogP contribution is -2.40. The molecule has 0 aromatic rings. The smallest absolute Gasteiger partial charge is 0.424 e. The van der Waals surface area contributed by atoms with E-state index in [-0.39, 0.29) is 6.61 Å². The lowest BCUT2D eigenvalue weighted by molar-refractivity contribution is -0.207. The van der Waals surface area contributed by atoms with Crippen LogP contribution in [0, 0.1) is 0 Å². The average molecular weight is 228 g/mol. The zero-order valence-electron chi connectivity index (χ0n) is 8.04. The summed E-state index contributed by atoms with van der Waals surface area (Å²) in [5.74, 6) is 0. The summed E-state index contributed by atoms with van der Waals surface area (Å²) in [6.45, 7) is 1.83. The molecule has 0 aliphatic carbocycles. The van der Waals surface area contributed by atoms with Crippen molar-refractivity contribution in [1.82, 2.24) is 0 Å². The first-order valence-corrected chi connectivity index (χ1v) is 4.47. The number of alkyl halides is 3. The first kappa shape index (κ1) is 12.1.